The van der Waals surface area contributed by atoms with Crippen molar-refractivity contribution in [3.63, 3.8) is 0 Å². The number of hydrogen-bond acceptors (Lipinski definition) is 4. The number of sulfonamides is 1. The fourth-order valence-electron chi connectivity index (χ4n) is 2.51. The van der Waals surface area contributed by atoms with Crippen molar-refractivity contribution in [2.75, 3.05) is 13.1 Å². The van der Waals surface area contributed by atoms with Gasteiger partial charge in [-0.15, -0.1) is 0 Å². The van der Waals surface area contributed by atoms with Crippen LogP contribution >= 0.6 is 12.2 Å². The number of hydrogen-bond donors (Lipinski definition) is 2. The molecule has 116 valence electrons. The zero-order valence-corrected chi connectivity index (χ0v) is 13.6. The van der Waals surface area contributed by atoms with Crippen molar-refractivity contribution in [1.82, 2.24) is 4.31 Å². The quantitative estimate of drug-likeness (QED) is 0.816. The third kappa shape index (κ3) is 3.60. The molecule has 0 saturated carbocycles. The molecule has 1 heterocycles. The van der Waals surface area contributed by atoms with Gasteiger partial charge in [0.15, 0.2) is 0 Å². The van der Waals surface area contributed by atoms with Crippen LogP contribution in [0.15, 0.2) is 29.2 Å². The van der Waals surface area contributed by atoms with Gasteiger partial charge in [-0.2, -0.15) is 4.31 Å². The molecular formula is C14H20N2O3S2. The number of rotatable bonds is 3. The summed E-state index contributed by atoms with van der Waals surface area (Å²) in [5.74, 6) is 0. The topological polar surface area (TPSA) is 83.6 Å². The molecule has 21 heavy (non-hydrogen) atoms. The van der Waals surface area contributed by atoms with Crippen LogP contribution in [0.3, 0.4) is 0 Å². The maximum Gasteiger partial charge on any atom is 0.243 e. The maximum absolute atomic E-state index is 12.8. The predicted octanol–water partition coefficient (Wildman–Crippen LogP) is 1.25. The van der Waals surface area contributed by atoms with Crippen LogP contribution in [0.4, 0.5) is 0 Å². The fourth-order valence-corrected chi connectivity index (χ4v) is 4.44. The normalized spacial score (nSPS) is 24.5. The predicted molar refractivity (Wildman–Crippen MR) is 85.6 cm³/mol. The Bertz CT molecular complexity index is 641. The Morgan fingerprint density at radius 3 is 2.67 bits per heavy atom. The van der Waals surface area contributed by atoms with Gasteiger partial charge < -0.3 is 10.8 Å². The summed E-state index contributed by atoms with van der Waals surface area (Å²) in [4.78, 5) is 0.204. The first-order chi connectivity index (χ1) is 9.74. The smallest absolute Gasteiger partial charge is 0.243 e. The van der Waals surface area contributed by atoms with Crippen LogP contribution in [0.1, 0.15) is 31.7 Å². The molecule has 0 aliphatic carbocycles. The standard InChI is InChI=1S/C14H20N2O3S2/c1-14(17)7-4-9-16(10-8-14)21(18,19)12-6-3-2-5-11(12)13(15)20/h2-3,5-6,17H,4,7-10H2,1H3,(H2,15,20). The zero-order valence-electron chi connectivity index (χ0n) is 11.9. The van der Waals surface area contributed by atoms with E-state index in [1.807, 2.05) is 0 Å². The molecule has 0 amide bonds. The Kier molecular flexibility index (Phi) is 4.67. The third-order valence-corrected chi connectivity index (χ3v) is 5.97. The Hall–Kier alpha value is -1.02. The van der Waals surface area contributed by atoms with Gasteiger partial charge in [0, 0.05) is 18.7 Å². The van der Waals surface area contributed by atoms with E-state index < -0.39 is 15.6 Å². The highest BCUT2D eigenvalue weighted by molar-refractivity contribution is 7.89. The van der Waals surface area contributed by atoms with Crippen LogP contribution in [-0.2, 0) is 10.0 Å². The second-order valence-corrected chi connectivity index (χ2v) is 7.96. The Balaban J connectivity index is 2.37. The molecule has 0 aromatic heterocycles. The van der Waals surface area contributed by atoms with E-state index in [0.717, 1.165) is 0 Å². The molecule has 1 unspecified atom stereocenters. The largest absolute Gasteiger partial charge is 0.390 e. The maximum atomic E-state index is 12.8. The monoisotopic (exact) mass is 328 g/mol. The summed E-state index contributed by atoms with van der Waals surface area (Å²) in [7, 11) is -3.66. The van der Waals surface area contributed by atoms with Crippen molar-refractivity contribution in [1.29, 1.82) is 0 Å². The molecule has 1 aromatic carbocycles. The van der Waals surface area contributed by atoms with Gasteiger partial charge in [0.05, 0.1) is 10.5 Å². The van der Waals surface area contributed by atoms with Crippen LogP contribution in [0.25, 0.3) is 0 Å². The summed E-state index contributed by atoms with van der Waals surface area (Å²) in [5.41, 5.74) is 5.18. The molecule has 1 aromatic rings. The first kappa shape index (κ1) is 16.4. The molecule has 1 atom stereocenters. The van der Waals surface area contributed by atoms with E-state index >= 15 is 0 Å². The molecule has 7 heteroatoms. The van der Waals surface area contributed by atoms with E-state index in [9.17, 15) is 13.5 Å². The Labute approximate surface area is 130 Å². The molecule has 5 nitrogen and oxygen atoms in total. The number of nitrogens with zero attached hydrogens (tertiary/aromatic N) is 1. The SMILES string of the molecule is CC1(O)CCCN(S(=O)(=O)c2ccccc2C(N)=S)CC1. The summed E-state index contributed by atoms with van der Waals surface area (Å²) in [6.07, 6.45) is 1.64. The van der Waals surface area contributed by atoms with Crippen LogP contribution < -0.4 is 5.73 Å². The molecule has 2 rings (SSSR count). The fraction of sp³-hybridized carbons (Fsp3) is 0.500. The molecule has 1 saturated heterocycles. The minimum Gasteiger partial charge on any atom is -0.390 e. The Morgan fingerprint density at radius 1 is 1.33 bits per heavy atom. The second-order valence-electron chi connectivity index (χ2n) is 5.61. The van der Waals surface area contributed by atoms with Gasteiger partial charge in [-0.05, 0) is 32.3 Å². The molecule has 1 aliphatic rings. The van der Waals surface area contributed by atoms with E-state index in [4.69, 9.17) is 18.0 Å². The van der Waals surface area contributed by atoms with Gasteiger partial charge in [-0.3, -0.25) is 0 Å². The summed E-state index contributed by atoms with van der Waals surface area (Å²) < 4.78 is 27.0. The van der Waals surface area contributed by atoms with Crippen molar-refractivity contribution in [2.45, 2.75) is 36.7 Å². The highest BCUT2D eigenvalue weighted by Crippen LogP contribution is 2.27. The van der Waals surface area contributed by atoms with Crippen LogP contribution in [0.5, 0.6) is 0 Å². The average molecular weight is 328 g/mol. The van der Waals surface area contributed by atoms with Gasteiger partial charge in [0.25, 0.3) is 0 Å². The lowest BCUT2D eigenvalue weighted by atomic mass is 9.98. The van der Waals surface area contributed by atoms with Gasteiger partial charge in [-0.1, -0.05) is 30.4 Å². The summed E-state index contributed by atoms with van der Waals surface area (Å²) in [5, 5.41) is 10.1. The molecule has 0 bridgehead atoms. The van der Waals surface area contributed by atoms with E-state index in [1.165, 1.54) is 10.4 Å². The molecule has 0 radical (unpaired) electrons. The second kappa shape index (κ2) is 6.00. The van der Waals surface area contributed by atoms with E-state index in [0.29, 0.717) is 37.9 Å². The average Bonchev–Trinajstić information content (AvgIpc) is 2.60. The minimum atomic E-state index is -3.66. The summed E-state index contributed by atoms with van der Waals surface area (Å²) in [6, 6.07) is 6.50. The highest BCUT2D eigenvalue weighted by atomic mass is 32.2. The first-order valence-electron chi connectivity index (χ1n) is 6.85. The number of nitrogens with two attached hydrogens (primary N) is 1. The van der Waals surface area contributed by atoms with Crippen molar-refractivity contribution in [3.8, 4) is 0 Å². The zero-order chi connectivity index (χ0) is 15.7. The summed E-state index contributed by atoms with van der Waals surface area (Å²) >= 11 is 4.94. The summed E-state index contributed by atoms with van der Waals surface area (Å²) in [6.45, 7) is 2.43. The molecule has 3 N–H and O–H groups in total. The number of aliphatic hydroxyl groups is 1. The number of thiocarbonyl (C=S) groups is 1. The lowest BCUT2D eigenvalue weighted by Crippen LogP contribution is -2.34. The van der Waals surface area contributed by atoms with Crippen LogP contribution in [0.2, 0.25) is 0 Å². The highest BCUT2D eigenvalue weighted by Gasteiger charge is 2.32. The van der Waals surface area contributed by atoms with E-state index in [2.05, 4.69) is 0 Å². The third-order valence-electron chi connectivity index (χ3n) is 3.79. The van der Waals surface area contributed by atoms with Crippen molar-refractivity contribution in [3.05, 3.63) is 29.8 Å². The van der Waals surface area contributed by atoms with Crippen LogP contribution in [0, 0.1) is 0 Å². The van der Waals surface area contributed by atoms with Crippen LogP contribution in [-0.4, -0.2) is 41.5 Å². The van der Waals surface area contributed by atoms with Crippen molar-refractivity contribution < 1.29 is 13.5 Å². The first-order valence-corrected chi connectivity index (χ1v) is 8.70. The van der Waals surface area contributed by atoms with Gasteiger partial charge in [0.1, 0.15) is 4.99 Å². The minimum absolute atomic E-state index is 0.0657. The van der Waals surface area contributed by atoms with Gasteiger partial charge in [0.2, 0.25) is 10.0 Å². The van der Waals surface area contributed by atoms with Gasteiger partial charge >= 0.3 is 0 Å². The molecular weight excluding hydrogens is 308 g/mol. The van der Waals surface area contributed by atoms with Gasteiger partial charge in [-0.25, -0.2) is 8.42 Å². The lowest BCUT2D eigenvalue weighted by Gasteiger charge is -2.23. The molecule has 1 aliphatic heterocycles. The van der Waals surface area contributed by atoms with E-state index in [1.54, 1.807) is 25.1 Å². The Morgan fingerprint density at radius 2 is 2.00 bits per heavy atom. The van der Waals surface area contributed by atoms with Crippen molar-refractivity contribution >= 4 is 27.2 Å². The van der Waals surface area contributed by atoms with Crippen molar-refractivity contribution in [2.24, 2.45) is 5.73 Å². The van der Waals surface area contributed by atoms with E-state index in [-0.39, 0.29) is 9.88 Å². The lowest BCUT2D eigenvalue weighted by molar-refractivity contribution is 0.0465. The molecule has 0 spiro atoms. The number of benzene rings is 1. The molecule has 1 fully saturated rings.